The van der Waals surface area contributed by atoms with E-state index in [2.05, 4.69) is 25.7 Å². The number of hydrogen-bond acceptors (Lipinski definition) is 6. The molecular weight excluding hydrogens is 325 g/mol. The van der Waals surface area contributed by atoms with E-state index in [9.17, 15) is 18.3 Å². The fourth-order valence-corrected chi connectivity index (χ4v) is 2.53. The van der Waals surface area contributed by atoms with E-state index >= 15 is 0 Å². The van der Waals surface area contributed by atoms with Gasteiger partial charge in [0, 0.05) is 18.8 Å². The molecule has 3 N–H and O–H groups in total. The first-order chi connectivity index (χ1) is 11.4. The van der Waals surface area contributed by atoms with Crippen LogP contribution >= 0.6 is 0 Å². The van der Waals surface area contributed by atoms with Crippen LogP contribution in [0.15, 0.2) is 18.5 Å². The Hall–Kier alpha value is -2.36. The summed E-state index contributed by atoms with van der Waals surface area (Å²) >= 11 is 0. The molecule has 1 aliphatic rings. The molecule has 2 aromatic rings. The zero-order chi connectivity index (χ0) is 17.3. The van der Waals surface area contributed by atoms with Crippen molar-refractivity contribution in [3.63, 3.8) is 0 Å². The number of aromatic nitrogens is 4. The molecule has 3 rings (SSSR count). The Morgan fingerprint density at radius 1 is 1.38 bits per heavy atom. The Morgan fingerprint density at radius 3 is 2.75 bits per heavy atom. The molecule has 0 atom stereocenters. The predicted molar refractivity (Wildman–Crippen MR) is 81.0 cm³/mol. The molecule has 1 fully saturated rings. The second-order valence-electron chi connectivity index (χ2n) is 5.55. The van der Waals surface area contributed by atoms with E-state index in [0.29, 0.717) is 25.2 Å². The number of halogens is 3. The summed E-state index contributed by atoms with van der Waals surface area (Å²) < 4.78 is 40.6. The summed E-state index contributed by atoms with van der Waals surface area (Å²) in [6, 6.07) is 1.73. The summed E-state index contributed by atoms with van der Waals surface area (Å²) in [5.74, 6) is 0.335. The first kappa shape index (κ1) is 16.5. The van der Waals surface area contributed by atoms with Crippen LogP contribution in [0.5, 0.6) is 0 Å². The lowest BCUT2D eigenvalue weighted by Gasteiger charge is -2.32. The smallest absolute Gasteiger partial charge is 0.393 e. The minimum absolute atomic E-state index is 0.0422. The minimum atomic E-state index is -4.53. The van der Waals surface area contributed by atoms with E-state index in [-0.39, 0.29) is 23.9 Å². The highest BCUT2D eigenvalue weighted by Crippen LogP contribution is 2.36. The van der Waals surface area contributed by atoms with Crippen LogP contribution in [0.4, 0.5) is 30.8 Å². The maximum Gasteiger partial charge on any atom is 0.421 e. The number of anilines is 3. The van der Waals surface area contributed by atoms with Crippen LogP contribution in [0.2, 0.25) is 0 Å². The van der Waals surface area contributed by atoms with Crippen molar-refractivity contribution in [3.05, 3.63) is 24.0 Å². The molecule has 2 heterocycles. The zero-order valence-electron chi connectivity index (χ0n) is 12.9. The lowest BCUT2D eigenvalue weighted by molar-refractivity contribution is -0.137. The lowest BCUT2D eigenvalue weighted by Crippen LogP contribution is -2.31. The number of alkyl halides is 3. The summed E-state index contributed by atoms with van der Waals surface area (Å²) in [6.45, 7) is 1.99. The van der Waals surface area contributed by atoms with Gasteiger partial charge < -0.3 is 15.7 Å². The molecule has 0 radical (unpaired) electrons. The Balaban J connectivity index is 1.83. The van der Waals surface area contributed by atoms with E-state index in [0.717, 1.165) is 6.20 Å². The molecule has 0 unspecified atom stereocenters. The van der Waals surface area contributed by atoms with Crippen LogP contribution in [0.3, 0.4) is 0 Å². The van der Waals surface area contributed by atoms with E-state index in [1.165, 1.54) is 0 Å². The van der Waals surface area contributed by atoms with Crippen LogP contribution < -0.4 is 10.6 Å². The Morgan fingerprint density at radius 2 is 2.12 bits per heavy atom. The van der Waals surface area contributed by atoms with Gasteiger partial charge in [0.1, 0.15) is 17.2 Å². The SMILES string of the molecule is CCNc1nc(Nc2ccnn2C2CC(O)C2)ncc1C(F)(F)F. The molecule has 0 aliphatic heterocycles. The Kier molecular flexibility index (Phi) is 4.31. The maximum absolute atomic E-state index is 13.0. The number of aliphatic hydroxyl groups is 1. The maximum atomic E-state index is 13.0. The van der Waals surface area contributed by atoms with Gasteiger partial charge in [-0.25, -0.2) is 9.67 Å². The van der Waals surface area contributed by atoms with Crippen LogP contribution in [0.1, 0.15) is 31.4 Å². The van der Waals surface area contributed by atoms with Crippen molar-refractivity contribution >= 4 is 17.6 Å². The van der Waals surface area contributed by atoms with Gasteiger partial charge in [-0.05, 0) is 19.8 Å². The minimum Gasteiger partial charge on any atom is -0.393 e. The molecule has 0 amide bonds. The molecule has 0 saturated heterocycles. The summed E-state index contributed by atoms with van der Waals surface area (Å²) in [7, 11) is 0. The number of nitrogens with one attached hydrogen (secondary N) is 2. The number of aliphatic hydroxyl groups excluding tert-OH is 1. The topological polar surface area (TPSA) is 87.9 Å². The second kappa shape index (κ2) is 6.27. The normalized spacial score (nSPS) is 20.5. The summed E-state index contributed by atoms with van der Waals surface area (Å²) in [6.07, 6.45) is -1.36. The van der Waals surface area contributed by atoms with Gasteiger partial charge in [-0.2, -0.15) is 23.3 Å². The summed E-state index contributed by atoms with van der Waals surface area (Å²) in [5.41, 5.74) is -0.912. The van der Waals surface area contributed by atoms with Crippen LogP contribution in [-0.4, -0.2) is 37.5 Å². The van der Waals surface area contributed by atoms with E-state index < -0.39 is 11.7 Å². The van der Waals surface area contributed by atoms with Crippen molar-refractivity contribution in [1.29, 1.82) is 0 Å². The van der Waals surface area contributed by atoms with Crippen molar-refractivity contribution in [1.82, 2.24) is 19.7 Å². The van der Waals surface area contributed by atoms with Crippen molar-refractivity contribution in [2.75, 3.05) is 17.2 Å². The number of rotatable bonds is 5. The third kappa shape index (κ3) is 3.28. The first-order valence-electron chi connectivity index (χ1n) is 7.55. The Bertz CT molecular complexity index is 711. The zero-order valence-corrected chi connectivity index (χ0v) is 12.9. The molecule has 1 aliphatic carbocycles. The molecule has 1 saturated carbocycles. The molecular formula is C14H17F3N6O. The molecule has 7 nitrogen and oxygen atoms in total. The molecule has 130 valence electrons. The third-order valence-corrected chi connectivity index (χ3v) is 3.78. The number of nitrogens with zero attached hydrogens (tertiary/aromatic N) is 4. The molecule has 0 aromatic carbocycles. The van der Waals surface area contributed by atoms with Gasteiger partial charge in [-0.3, -0.25) is 0 Å². The second-order valence-corrected chi connectivity index (χ2v) is 5.55. The Labute approximate surface area is 135 Å². The van der Waals surface area contributed by atoms with Crippen molar-refractivity contribution in [3.8, 4) is 0 Å². The lowest BCUT2D eigenvalue weighted by atomic mass is 9.90. The molecule has 24 heavy (non-hydrogen) atoms. The van der Waals surface area contributed by atoms with Gasteiger partial charge in [-0.15, -0.1) is 0 Å². The highest BCUT2D eigenvalue weighted by atomic mass is 19.4. The average Bonchev–Trinajstić information content (AvgIpc) is 2.91. The van der Waals surface area contributed by atoms with Gasteiger partial charge >= 0.3 is 6.18 Å². The third-order valence-electron chi connectivity index (χ3n) is 3.78. The van der Waals surface area contributed by atoms with Gasteiger partial charge in [0.15, 0.2) is 0 Å². The average molecular weight is 342 g/mol. The van der Waals surface area contributed by atoms with Crippen LogP contribution in [0, 0.1) is 0 Å². The largest absolute Gasteiger partial charge is 0.421 e. The van der Waals surface area contributed by atoms with Gasteiger partial charge in [0.25, 0.3) is 0 Å². The van der Waals surface area contributed by atoms with Crippen molar-refractivity contribution in [2.45, 2.75) is 38.1 Å². The van der Waals surface area contributed by atoms with Crippen LogP contribution in [0.25, 0.3) is 0 Å². The molecule has 10 heteroatoms. The van der Waals surface area contributed by atoms with E-state index in [1.807, 2.05) is 0 Å². The quantitative estimate of drug-likeness (QED) is 0.774. The van der Waals surface area contributed by atoms with Crippen molar-refractivity contribution < 1.29 is 18.3 Å². The van der Waals surface area contributed by atoms with Crippen LogP contribution in [-0.2, 0) is 6.18 Å². The monoisotopic (exact) mass is 342 g/mol. The fourth-order valence-electron chi connectivity index (χ4n) is 2.53. The van der Waals surface area contributed by atoms with E-state index in [4.69, 9.17) is 0 Å². The molecule has 2 aromatic heterocycles. The molecule has 0 bridgehead atoms. The summed E-state index contributed by atoms with van der Waals surface area (Å²) in [5, 5.41) is 19.1. The first-order valence-corrected chi connectivity index (χ1v) is 7.55. The van der Waals surface area contributed by atoms with Gasteiger partial charge in [-0.1, -0.05) is 0 Å². The van der Waals surface area contributed by atoms with Gasteiger partial charge in [0.05, 0.1) is 18.3 Å². The molecule has 0 spiro atoms. The van der Waals surface area contributed by atoms with E-state index in [1.54, 1.807) is 23.9 Å². The van der Waals surface area contributed by atoms with Crippen molar-refractivity contribution in [2.24, 2.45) is 0 Å². The standard InChI is InChI=1S/C14H17F3N6O/c1-2-18-12-10(14(15,16)17)7-19-13(22-12)21-11-3-4-20-23(11)8-5-9(24)6-8/h3-4,7-9,24H,2,5-6H2,1H3,(H2,18,19,21,22). The fraction of sp³-hybridized carbons (Fsp3) is 0.500. The number of hydrogen-bond donors (Lipinski definition) is 3. The summed E-state index contributed by atoms with van der Waals surface area (Å²) in [4.78, 5) is 7.67. The highest BCUT2D eigenvalue weighted by molar-refractivity contribution is 5.54. The predicted octanol–water partition coefficient (Wildman–Crippen LogP) is 2.56. The highest BCUT2D eigenvalue weighted by Gasteiger charge is 2.35. The van der Waals surface area contributed by atoms with Gasteiger partial charge in [0.2, 0.25) is 5.95 Å².